The maximum Gasteiger partial charge on any atom is 0.271 e. The number of amides is 1. The second-order valence-electron chi connectivity index (χ2n) is 6.15. The summed E-state index contributed by atoms with van der Waals surface area (Å²) in [6.07, 6.45) is -0.537. The van der Waals surface area contributed by atoms with Gasteiger partial charge >= 0.3 is 0 Å². The third-order valence-electron chi connectivity index (χ3n) is 3.79. The number of thiazole rings is 1. The van der Waals surface area contributed by atoms with Crippen LogP contribution in [0.4, 0.5) is 5.13 Å². The fraction of sp³-hybridized carbons (Fsp3) is 0.438. The topological polar surface area (TPSA) is 171 Å². The van der Waals surface area contributed by atoms with E-state index in [1.165, 1.54) is 37.0 Å². The average molecular weight is 447 g/mol. The number of sulfonamides is 1. The summed E-state index contributed by atoms with van der Waals surface area (Å²) in [5.41, 5.74) is 0.230. The highest BCUT2D eigenvalue weighted by molar-refractivity contribution is 7.92. The van der Waals surface area contributed by atoms with Gasteiger partial charge in [0.05, 0.1) is 18.9 Å². The molecular formula is C16H22N4O7S2. The van der Waals surface area contributed by atoms with Crippen molar-refractivity contribution in [2.24, 2.45) is 0 Å². The van der Waals surface area contributed by atoms with Crippen molar-refractivity contribution in [1.82, 2.24) is 15.3 Å². The smallest absolute Gasteiger partial charge is 0.271 e. The predicted octanol–water partition coefficient (Wildman–Crippen LogP) is -0.890. The van der Waals surface area contributed by atoms with Crippen LogP contribution in [-0.4, -0.2) is 77.8 Å². The first-order valence-electron chi connectivity index (χ1n) is 8.29. The molecular weight excluding hydrogens is 424 g/mol. The molecule has 29 heavy (non-hydrogen) atoms. The van der Waals surface area contributed by atoms with Gasteiger partial charge in [-0.15, -0.1) is 11.3 Å². The molecule has 2 aromatic rings. The van der Waals surface area contributed by atoms with E-state index in [9.17, 15) is 28.5 Å². The minimum Gasteiger partial charge on any atom is -0.388 e. The number of nitrogens with one attached hydrogen (secondary N) is 2. The van der Waals surface area contributed by atoms with E-state index >= 15 is 0 Å². The zero-order valence-electron chi connectivity index (χ0n) is 15.6. The number of aliphatic hydroxyl groups is 3. The van der Waals surface area contributed by atoms with Crippen molar-refractivity contribution < 1.29 is 33.3 Å². The van der Waals surface area contributed by atoms with Crippen LogP contribution in [0.1, 0.15) is 22.2 Å². The molecule has 0 fully saturated rings. The molecule has 0 aromatic carbocycles. The molecule has 0 bridgehead atoms. The number of carbonyl (C=O) groups is 1. The molecule has 4 unspecified atom stereocenters. The molecule has 2 rings (SSSR count). The first kappa shape index (κ1) is 23.1. The van der Waals surface area contributed by atoms with Crippen molar-refractivity contribution in [3.8, 4) is 0 Å². The Hall–Kier alpha value is -2.16. The second-order valence-corrected chi connectivity index (χ2v) is 8.76. The molecule has 0 radical (unpaired) electrons. The molecule has 0 spiro atoms. The van der Waals surface area contributed by atoms with Crippen molar-refractivity contribution in [3.63, 3.8) is 0 Å². The van der Waals surface area contributed by atoms with Gasteiger partial charge in [0.15, 0.2) is 5.13 Å². The molecule has 160 valence electrons. The number of ether oxygens (including phenoxy) is 1. The van der Waals surface area contributed by atoms with Crippen molar-refractivity contribution in [3.05, 3.63) is 41.2 Å². The lowest BCUT2D eigenvalue weighted by Gasteiger charge is -2.31. The Morgan fingerprint density at radius 2 is 1.93 bits per heavy atom. The minimum absolute atomic E-state index is 0.0103. The number of methoxy groups -OCH3 is 1. The van der Waals surface area contributed by atoms with Crippen LogP contribution in [0.5, 0.6) is 0 Å². The standard InChI is InChI=1S/C16H22N4O7S2/c1-27-7-11(21)14(23)12(13(22)9-3-5-17-6-4-9)19-15(24)10-8-28-16(18-10)20-29(2,25)26/h3-6,8,11-14,21-23H,7H2,1-2H3,(H,18,20)(H,19,24). The number of pyridine rings is 1. The van der Waals surface area contributed by atoms with Crippen molar-refractivity contribution in [2.75, 3.05) is 24.7 Å². The molecule has 2 heterocycles. The SMILES string of the molecule is COCC(O)C(O)C(NC(=O)c1csc(NS(C)(=O)=O)n1)C(O)c1ccncc1. The number of rotatable bonds is 10. The summed E-state index contributed by atoms with van der Waals surface area (Å²) in [5, 5.41) is 34.9. The third-order valence-corrected chi connectivity index (χ3v) is 5.25. The Morgan fingerprint density at radius 1 is 1.28 bits per heavy atom. The van der Waals surface area contributed by atoms with E-state index in [0.29, 0.717) is 5.56 Å². The number of hydrogen-bond acceptors (Lipinski definition) is 10. The van der Waals surface area contributed by atoms with E-state index in [1.54, 1.807) is 0 Å². The number of nitrogens with zero attached hydrogens (tertiary/aromatic N) is 2. The molecule has 1 amide bonds. The number of anilines is 1. The fourth-order valence-corrected chi connectivity index (χ4v) is 3.98. The van der Waals surface area contributed by atoms with E-state index in [-0.39, 0.29) is 17.4 Å². The van der Waals surface area contributed by atoms with Gasteiger partial charge in [-0.05, 0) is 17.7 Å². The van der Waals surface area contributed by atoms with Gasteiger partial charge in [0.1, 0.15) is 24.0 Å². The number of aliphatic hydroxyl groups excluding tert-OH is 3. The van der Waals surface area contributed by atoms with Gasteiger partial charge in [0.2, 0.25) is 10.0 Å². The van der Waals surface area contributed by atoms with Crippen LogP contribution < -0.4 is 10.0 Å². The van der Waals surface area contributed by atoms with E-state index in [1.807, 2.05) is 0 Å². The molecule has 0 aliphatic heterocycles. The fourth-order valence-electron chi connectivity index (χ4n) is 2.44. The Balaban J connectivity index is 2.23. The maximum absolute atomic E-state index is 12.6. The zero-order chi connectivity index (χ0) is 21.6. The number of aromatic nitrogens is 2. The highest BCUT2D eigenvalue weighted by Gasteiger charge is 2.34. The van der Waals surface area contributed by atoms with Gasteiger partial charge in [-0.3, -0.25) is 14.5 Å². The van der Waals surface area contributed by atoms with E-state index in [4.69, 9.17) is 4.74 Å². The Labute approximate surface area is 171 Å². The minimum atomic E-state index is -3.56. The molecule has 0 aliphatic rings. The normalized spacial score (nSPS) is 15.9. The van der Waals surface area contributed by atoms with Crippen LogP contribution in [0.2, 0.25) is 0 Å². The summed E-state index contributed by atoms with van der Waals surface area (Å²) in [6.45, 7) is -0.226. The van der Waals surface area contributed by atoms with Crippen LogP contribution in [0.15, 0.2) is 29.9 Å². The summed E-state index contributed by atoms with van der Waals surface area (Å²) in [7, 11) is -2.23. The van der Waals surface area contributed by atoms with Gasteiger partial charge in [-0.1, -0.05) is 0 Å². The Morgan fingerprint density at radius 3 is 2.52 bits per heavy atom. The Bertz CT molecular complexity index is 907. The van der Waals surface area contributed by atoms with Gasteiger partial charge in [-0.25, -0.2) is 13.4 Å². The summed E-state index contributed by atoms with van der Waals surface area (Å²) in [4.78, 5) is 20.3. The first-order valence-corrected chi connectivity index (χ1v) is 11.1. The van der Waals surface area contributed by atoms with Gasteiger partial charge in [-0.2, -0.15) is 0 Å². The van der Waals surface area contributed by atoms with Crippen LogP contribution in [0.3, 0.4) is 0 Å². The molecule has 13 heteroatoms. The predicted molar refractivity (Wildman–Crippen MR) is 105 cm³/mol. The number of hydrogen-bond donors (Lipinski definition) is 5. The van der Waals surface area contributed by atoms with Crippen molar-refractivity contribution in [2.45, 2.75) is 24.4 Å². The average Bonchev–Trinajstić information content (AvgIpc) is 3.12. The lowest BCUT2D eigenvalue weighted by molar-refractivity contribution is -0.0633. The lowest BCUT2D eigenvalue weighted by Crippen LogP contribution is -2.52. The van der Waals surface area contributed by atoms with Crippen molar-refractivity contribution >= 4 is 32.4 Å². The van der Waals surface area contributed by atoms with Gasteiger partial charge < -0.3 is 25.4 Å². The van der Waals surface area contributed by atoms with E-state index < -0.39 is 40.3 Å². The third kappa shape index (κ3) is 6.69. The zero-order valence-corrected chi connectivity index (χ0v) is 17.2. The van der Waals surface area contributed by atoms with E-state index in [0.717, 1.165) is 17.6 Å². The molecule has 2 aromatic heterocycles. The number of carbonyl (C=O) groups excluding carboxylic acids is 1. The van der Waals surface area contributed by atoms with Crippen molar-refractivity contribution in [1.29, 1.82) is 0 Å². The lowest BCUT2D eigenvalue weighted by atomic mass is 9.95. The van der Waals surface area contributed by atoms with Crippen LogP contribution in [-0.2, 0) is 14.8 Å². The van der Waals surface area contributed by atoms with Crippen LogP contribution in [0, 0.1) is 0 Å². The first-order chi connectivity index (χ1) is 13.6. The second kappa shape index (κ2) is 10.0. The highest BCUT2D eigenvalue weighted by atomic mass is 32.2. The molecule has 0 aliphatic carbocycles. The van der Waals surface area contributed by atoms with Gasteiger partial charge in [0.25, 0.3) is 5.91 Å². The van der Waals surface area contributed by atoms with Crippen LogP contribution in [0.25, 0.3) is 0 Å². The molecule has 4 atom stereocenters. The molecule has 11 nitrogen and oxygen atoms in total. The van der Waals surface area contributed by atoms with Gasteiger partial charge in [0, 0.05) is 24.9 Å². The monoisotopic (exact) mass is 446 g/mol. The molecule has 0 saturated heterocycles. The van der Waals surface area contributed by atoms with Crippen LogP contribution >= 0.6 is 11.3 Å². The maximum atomic E-state index is 12.6. The summed E-state index contributed by atoms with van der Waals surface area (Å²) < 4.78 is 29.5. The quantitative estimate of drug-likeness (QED) is 0.310. The summed E-state index contributed by atoms with van der Waals surface area (Å²) >= 11 is 0.895. The van der Waals surface area contributed by atoms with E-state index in [2.05, 4.69) is 20.0 Å². The summed E-state index contributed by atoms with van der Waals surface area (Å²) in [6, 6.07) is 1.68. The summed E-state index contributed by atoms with van der Waals surface area (Å²) in [5.74, 6) is -0.774. The Kier molecular flexibility index (Phi) is 8.01. The largest absolute Gasteiger partial charge is 0.388 e. The molecule has 0 saturated carbocycles. The highest BCUT2D eigenvalue weighted by Crippen LogP contribution is 2.22. The molecule has 5 N–H and O–H groups in total.